The molecule has 1 saturated carbocycles. The number of rotatable bonds is 2. The summed E-state index contributed by atoms with van der Waals surface area (Å²) in [5, 5.41) is 0. The van der Waals surface area contributed by atoms with Crippen LogP contribution in [0.4, 0.5) is 0 Å². The normalized spacial score (nSPS) is 34.2. The molecule has 1 spiro atoms. The highest BCUT2D eigenvalue weighted by Gasteiger charge is 2.51. The molecule has 0 N–H and O–H groups in total. The van der Waals surface area contributed by atoms with Gasteiger partial charge >= 0.3 is 11.9 Å². The summed E-state index contributed by atoms with van der Waals surface area (Å²) >= 11 is 0. The first-order chi connectivity index (χ1) is 7.89. The number of carbonyl (C=O) groups is 2. The van der Waals surface area contributed by atoms with Gasteiger partial charge < -0.3 is 4.74 Å². The van der Waals surface area contributed by atoms with Gasteiger partial charge in [0.1, 0.15) is 0 Å². The van der Waals surface area contributed by atoms with E-state index in [9.17, 15) is 9.59 Å². The zero-order valence-electron chi connectivity index (χ0n) is 11.0. The van der Waals surface area contributed by atoms with E-state index in [1.54, 1.807) is 0 Å². The van der Waals surface area contributed by atoms with Crippen LogP contribution in [0.3, 0.4) is 0 Å². The SMILES string of the molecule is CCC(C)(C)C1CCC2(CC1)CC(=O)OC2=O. The van der Waals surface area contributed by atoms with Crippen molar-refractivity contribution in [2.24, 2.45) is 16.7 Å². The molecule has 0 aromatic heterocycles. The van der Waals surface area contributed by atoms with E-state index < -0.39 is 5.41 Å². The fourth-order valence-electron chi connectivity index (χ4n) is 3.22. The Morgan fingerprint density at radius 2 is 1.88 bits per heavy atom. The maximum atomic E-state index is 11.7. The van der Waals surface area contributed by atoms with E-state index in [1.807, 2.05) is 0 Å². The van der Waals surface area contributed by atoms with E-state index in [-0.39, 0.29) is 11.9 Å². The minimum atomic E-state index is -0.461. The van der Waals surface area contributed by atoms with Crippen molar-refractivity contribution >= 4 is 11.9 Å². The number of ether oxygens (including phenoxy) is 1. The van der Waals surface area contributed by atoms with Gasteiger partial charge in [0.15, 0.2) is 0 Å². The highest BCUT2D eigenvalue weighted by molar-refractivity contribution is 5.97. The van der Waals surface area contributed by atoms with Crippen LogP contribution in [0.15, 0.2) is 0 Å². The number of esters is 2. The van der Waals surface area contributed by atoms with E-state index in [0.29, 0.717) is 17.8 Å². The van der Waals surface area contributed by atoms with Crippen LogP contribution >= 0.6 is 0 Å². The third-order valence-corrected chi connectivity index (χ3v) is 5.08. The van der Waals surface area contributed by atoms with Crippen LogP contribution in [0.25, 0.3) is 0 Å². The molecule has 1 heterocycles. The highest BCUT2D eigenvalue weighted by atomic mass is 16.6. The van der Waals surface area contributed by atoms with Crippen LogP contribution in [-0.4, -0.2) is 11.9 Å². The van der Waals surface area contributed by atoms with Gasteiger partial charge in [-0.2, -0.15) is 0 Å². The highest BCUT2D eigenvalue weighted by Crippen LogP contribution is 2.50. The Kier molecular flexibility index (Phi) is 3.04. The molecule has 1 aliphatic heterocycles. The van der Waals surface area contributed by atoms with Crippen LogP contribution in [0.2, 0.25) is 0 Å². The number of cyclic esters (lactones) is 2. The molecule has 3 nitrogen and oxygen atoms in total. The lowest BCUT2D eigenvalue weighted by atomic mass is 9.62. The van der Waals surface area contributed by atoms with Gasteiger partial charge in [-0.05, 0) is 37.0 Å². The minimum absolute atomic E-state index is 0.268. The number of hydrogen-bond donors (Lipinski definition) is 0. The summed E-state index contributed by atoms with van der Waals surface area (Å²) in [4.78, 5) is 23.0. The molecule has 0 aromatic carbocycles. The molecule has 2 rings (SSSR count). The first kappa shape index (κ1) is 12.6. The Morgan fingerprint density at radius 1 is 1.29 bits per heavy atom. The third-order valence-electron chi connectivity index (χ3n) is 5.08. The molecule has 17 heavy (non-hydrogen) atoms. The Bertz CT molecular complexity index is 335. The van der Waals surface area contributed by atoms with Crippen molar-refractivity contribution in [3.63, 3.8) is 0 Å². The Labute approximate surface area is 103 Å². The summed E-state index contributed by atoms with van der Waals surface area (Å²) < 4.78 is 4.72. The van der Waals surface area contributed by atoms with Gasteiger partial charge in [-0.3, -0.25) is 9.59 Å². The molecule has 0 unspecified atom stereocenters. The fraction of sp³-hybridized carbons (Fsp3) is 0.857. The van der Waals surface area contributed by atoms with Crippen molar-refractivity contribution in [3.05, 3.63) is 0 Å². The first-order valence-electron chi connectivity index (χ1n) is 6.65. The second kappa shape index (κ2) is 4.11. The van der Waals surface area contributed by atoms with E-state index in [1.165, 1.54) is 0 Å². The molecule has 96 valence electrons. The van der Waals surface area contributed by atoms with E-state index in [4.69, 9.17) is 4.74 Å². The molecular formula is C14H22O3. The van der Waals surface area contributed by atoms with Crippen molar-refractivity contribution in [2.45, 2.75) is 59.3 Å². The lowest BCUT2D eigenvalue weighted by Crippen LogP contribution is -2.36. The summed E-state index contributed by atoms with van der Waals surface area (Å²) in [7, 11) is 0. The molecule has 1 saturated heterocycles. The van der Waals surface area contributed by atoms with Crippen molar-refractivity contribution in [1.82, 2.24) is 0 Å². The van der Waals surface area contributed by atoms with Gasteiger partial charge in [0, 0.05) is 0 Å². The fourth-order valence-corrected chi connectivity index (χ4v) is 3.22. The monoisotopic (exact) mass is 238 g/mol. The van der Waals surface area contributed by atoms with Crippen molar-refractivity contribution < 1.29 is 14.3 Å². The molecule has 0 radical (unpaired) electrons. The zero-order chi connectivity index (χ0) is 12.7. The average Bonchev–Trinajstić information content (AvgIpc) is 2.54. The molecule has 2 aliphatic rings. The van der Waals surface area contributed by atoms with Crippen LogP contribution < -0.4 is 0 Å². The second-order valence-electron chi connectivity index (χ2n) is 6.34. The molecular weight excluding hydrogens is 216 g/mol. The quantitative estimate of drug-likeness (QED) is 0.548. The van der Waals surface area contributed by atoms with Gasteiger partial charge in [0.25, 0.3) is 0 Å². The minimum Gasteiger partial charge on any atom is -0.393 e. The summed E-state index contributed by atoms with van der Waals surface area (Å²) in [6.45, 7) is 6.82. The number of carbonyl (C=O) groups excluding carboxylic acids is 2. The predicted octanol–water partition coefficient (Wildman–Crippen LogP) is 3.07. The average molecular weight is 238 g/mol. The van der Waals surface area contributed by atoms with Gasteiger partial charge in [0.05, 0.1) is 11.8 Å². The van der Waals surface area contributed by atoms with E-state index in [2.05, 4.69) is 20.8 Å². The summed E-state index contributed by atoms with van der Waals surface area (Å²) in [5.74, 6) is 0.0695. The van der Waals surface area contributed by atoms with Crippen LogP contribution in [0.5, 0.6) is 0 Å². The first-order valence-corrected chi connectivity index (χ1v) is 6.65. The Morgan fingerprint density at radius 3 is 2.29 bits per heavy atom. The molecule has 0 atom stereocenters. The zero-order valence-corrected chi connectivity index (χ0v) is 11.0. The Hall–Kier alpha value is -0.860. The molecule has 2 fully saturated rings. The third kappa shape index (κ3) is 2.12. The van der Waals surface area contributed by atoms with Crippen molar-refractivity contribution in [3.8, 4) is 0 Å². The predicted molar refractivity (Wildman–Crippen MR) is 64.2 cm³/mol. The van der Waals surface area contributed by atoms with E-state index >= 15 is 0 Å². The van der Waals surface area contributed by atoms with Crippen LogP contribution in [0, 0.1) is 16.7 Å². The maximum Gasteiger partial charge on any atom is 0.320 e. The summed E-state index contributed by atoms with van der Waals surface area (Å²) in [6, 6.07) is 0. The van der Waals surface area contributed by atoms with Crippen molar-refractivity contribution in [2.75, 3.05) is 0 Å². The van der Waals surface area contributed by atoms with E-state index in [0.717, 1.165) is 32.1 Å². The van der Waals surface area contributed by atoms with Gasteiger partial charge in [-0.25, -0.2) is 0 Å². The van der Waals surface area contributed by atoms with Gasteiger partial charge in [-0.15, -0.1) is 0 Å². The molecule has 3 heteroatoms. The number of hydrogen-bond acceptors (Lipinski definition) is 3. The maximum absolute atomic E-state index is 11.7. The molecule has 0 aromatic rings. The van der Waals surface area contributed by atoms with Crippen LogP contribution in [-0.2, 0) is 14.3 Å². The standard InChI is InChI=1S/C14H22O3/c1-4-13(2,3)10-5-7-14(8-6-10)9-11(15)17-12(14)16/h10H,4-9H2,1-3H3. The summed E-state index contributed by atoms with van der Waals surface area (Å²) in [5.41, 5.74) is -0.120. The van der Waals surface area contributed by atoms with Gasteiger partial charge in [0.2, 0.25) is 0 Å². The molecule has 0 bridgehead atoms. The molecule has 0 amide bonds. The lowest BCUT2D eigenvalue weighted by molar-refractivity contribution is -0.156. The van der Waals surface area contributed by atoms with Gasteiger partial charge in [-0.1, -0.05) is 27.2 Å². The topological polar surface area (TPSA) is 43.4 Å². The van der Waals surface area contributed by atoms with Crippen LogP contribution in [0.1, 0.15) is 59.3 Å². The van der Waals surface area contributed by atoms with Crippen molar-refractivity contribution in [1.29, 1.82) is 0 Å². The largest absolute Gasteiger partial charge is 0.393 e. The lowest BCUT2D eigenvalue weighted by Gasteiger charge is -2.41. The smallest absolute Gasteiger partial charge is 0.320 e. The Balaban J connectivity index is 2.03. The molecule has 1 aliphatic carbocycles. The summed E-state index contributed by atoms with van der Waals surface area (Å²) in [6.07, 6.45) is 5.21. The second-order valence-corrected chi connectivity index (χ2v) is 6.34.